The third-order valence-electron chi connectivity index (χ3n) is 2.35. The number of nitrogens with zero attached hydrogens (tertiary/aromatic N) is 3. The molecule has 2 rings (SSSR count). The van der Waals surface area contributed by atoms with Gasteiger partial charge in [-0.25, -0.2) is 0 Å². The van der Waals surface area contributed by atoms with E-state index < -0.39 is 0 Å². The molecule has 1 aromatic heterocycles. The lowest BCUT2D eigenvalue weighted by Crippen LogP contribution is -2.04. The Hall–Kier alpha value is -1.97. The summed E-state index contributed by atoms with van der Waals surface area (Å²) in [4.78, 5) is 10.9. The minimum absolute atomic E-state index is 0.356. The molecule has 4 heteroatoms. The van der Waals surface area contributed by atoms with Crippen LogP contribution in [0.2, 0.25) is 0 Å². The number of aldehydes is 1. The Labute approximate surface area is 93.9 Å². The fraction of sp³-hybridized carbons (Fsp3) is 0.250. The van der Waals surface area contributed by atoms with Gasteiger partial charge in [0.1, 0.15) is 5.82 Å². The first-order valence-electron chi connectivity index (χ1n) is 5.31. The SMILES string of the molecule is CCCc1nnc(C=O)n1-c1ccccc1. The molecule has 0 unspecified atom stereocenters. The van der Waals surface area contributed by atoms with E-state index >= 15 is 0 Å². The quantitative estimate of drug-likeness (QED) is 0.733. The number of carbonyl (C=O) groups is 1. The number of benzene rings is 1. The minimum Gasteiger partial charge on any atom is -0.294 e. The van der Waals surface area contributed by atoms with Gasteiger partial charge in [-0.05, 0) is 18.6 Å². The molecule has 0 N–H and O–H groups in total. The van der Waals surface area contributed by atoms with E-state index in [4.69, 9.17) is 0 Å². The van der Waals surface area contributed by atoms with E-state index in [1.54, 1.807) is 4.57 Å². The summed E-state index contributed by atoms with van der Waals surface area (Å²) in [6.45, 7) is 2.07. The zero-order chi connectivity index (χ0) is 11.4. The van der Waals surface area contributed by atoms with Gasteiger partial charge >= 0.3 is 0 Å². The van der Waals surface area contributed by atoms with Crippen molar-refractivity contribution in [1.29, 1.82) is 0 Å². The number of aromatic nitrogens is 3. The maximum Gasteiger partial charge on any atom is 0.201 e. The van der Waals surface area contributed by atoms with Crippen LogP contribution >= 0.6 is 0 Å². The first-order chi connectivity index (χ1) is 7.86. The Morgan fingerprint density at radius 2 is 2.00 bits per heavy atom. The standard InChI is InChI=1S/C12H13N3O/c1-2-6-11-13-14-12(9-16)15(11)10-7-4-3-5-8-10/h3-5,7-9H,2,6H2,1H3. The summed E-state index contributed by atoms with van der Waals surface area (Å²) in [6.07, 6.45) is 2.53. The highest BCUT2D eigenvalue weighted by atomic mass is 16.1. The molecule has 0 saturated heterocycles. The average Bonchev–Trinajstić information content (AvgIpc) is 2.74. The molecule has 0 bridgehead atoms. The van der Waals surface area contributed by atoms with Crippen molar-refractivity contribution in [3.8, 4) is 5.69 Å². The second-order valence-corrected chi connectivity index (χ2v) is 3.51. The molecule has 0 aliphatic heterocycles. The van der Waals surface area contributed by atoms with Crippen molar-refractivity contribution in [2.45, 2.75) is 19.8 Å². The van der Waals surface area contributed by atoms with Crippen molar-refractivity contribution in [2.24, 2.45) is 0 Å². The van der Waals surface area contributed by atoms with Gasteiger partial charge in [-0.2, -0.15) is 0 Å². The predicted molar refractivity (Wildman–Crippen MR) is 60.7 cm³/mol. The summed E-state index contributed by atoms with van der Waals surface area (Å²) in [7, 11) is 0. The highest BCUT2D eigenvalue weighted by molar-refractivity contribution is 5.70. The zero-order valence-electron chi connectivity index (χ0n) is 9.13. The summed E-state index contributed by atoms with van der Waals surface area (Å²) in [5, 5.41) is 7.91. The van der Waals surface area contributed by atoms with Crippen LogP contribution < -0.4 is 0 Å². The molecule has 1 heterocycles. The van der Waals surface area contributed by atoms with Crippen molar-refractivity contribution in [2.75, 3.05) is 0 Å². The van der Waals surface area contributed by atoms with E-state index in [0.717, 1.165) is 30.6 Å². The van der Waals surface area contributed by atoms with E-state index in [-0.39, 0.29) is 0 Å². The summed E-state index contributed by atoms with van der Waals surface area (Å²) < 4.78 is 1.80. The van der Waals surface area contributed by atoms with Gasteiger partial charge < -0.3 is 0 Å². The molecule has 0 amide bonds. The van der Waals surface area contributed by atoms with Crippen LogP contribution in [0.4, 0.5) is 0 Å². The second kappa shape index (κ2) is 4.70. The van der Waals surface area contributed by atoms with E-state index in [0.29, 0.717) is 5.82 Å². The molecule has 0 atom stereocenters. The first kappa shape index (κ1) is 10.5. The van der Waals surface area contributed by atoms with Gasteiger partial charge in [-0.15, -0.1) is 10.2 Å². The Balaban J connectivity index is 2.52. The Morgan fingerprint density at radius 3 is 2.62 bits per heavy atom. The average molecular weight is 215 g/mol. The highest BCUT2D eigenvalue weighted by Gasteiger charge is 2.11. The largest absolute Gasteiger partial charge is 0.294 e. The van der Waals surface area contributed by atoms with Crippen LogP contribution in [-0.4, -0.2) is 21.1 Å². The monoisotopic (exact) mass is 215 g/mol. The van der Waals surface area contributed by atoms with Gasteiger partial charge in [0.15, 0.2) is 6.29 Å². The van der Waals surface area contributed by atoms with Crippen LogP contribution in [-0.2, 0) is 6.42 Å². The Bertz CT molecular complexity index is 476. The number of hydrogen-bond acceptors (Lipinski definition) is 3. The lowest BCUT2D eigenvalue weighted by atomic mass is 10.3. The highest BCUT2D eigenvalue weighted by Crippen LogP contribution is 2.13. The summed E-state index contributed by atoms with van der Waals surface area (Å²) in [6, 6.07) is 9.68. The number of aryl methyl sites for hydroxylation is 1. The summed E-state index contributed by atoms with van der Waals surface area (Å²) in [5.41, 5.74) is 0.929. The number of rotatable bonds is 4. The normalized spacial score (nSPS) is 10.3. The van der Waals surface area contributed by atoms with Crippen LogP contribution in [0.5, 0.6) is 0 Å². The fourth-order valence-electron chi connectivity index (χ4n) is 1.65. The van der Waals surface area contributed by atoms with Crippen LogP contribution in [0, 0.1) is 0 Å². The molecular weight excluding hydrogens is 202 g/mol. The molecule has 0 fully saturated rings. The van der Waals surface area contributed by atoms with Gasteiger partial charge in [0.25, 0.3) is 0 Å². The lowest BCUT2D eigenvalue weighted by Gasteiger charge is -2.06. The van der Waals surface area contributed by atoms with Gasteiger partial charge in [0.2, 0.25) is 5.82 Å². The van der Waals surface area contributed by atoms with E-state index in [9.17, 15) is 4.79 Å². The number of hydrogen-bond donors (Lipinski definition) is 0. The molecule has 82 valence electrons. The number of carbonyl (C=O) groups excluding carboxylic acids is 1. The van der Waals surface area contributed by atoms with Crippen molar-refractivity contribution < 1.29 is 4.79 Å². The van der Waals surface area contributed by atoms with Crippen LogP contribution in [0.1, 0.15) is 29.8 Å². The third-order valence-corrected chi connectivity index (χ3v) is 2.35. The molecule has 0 spiro atoms. The lowest BCUT2D eigenvalue weighted by molar-refractivity contribution is 0.111. The van der Waals surface area contributed by atoms with Crippen LogP contribution in [0.3, 0.4) is 0 Å². The molecule has 0 saturated carbocycles. The topological polar surface area (TPSA) is 47.8 Å². The van der Waals surface area contributed by atoms with Crippen molar-refractivity contribution >= 4 is 6.29 Å². The zero-order valence-corrected chi connectivity index (χ0v) is 9.13. The molecular formula is C12H13N3O. The van der Waals surface area contributed by atoms with Gasteiger partial charge in [-0.1, -0.05) is 25.1 Å². The molecule has 0 aliphatic carbocycles. The summed E-state index contributed by atoms with van der Waals surface area (Å²) in [5.74, 6) is 1.19. The van der Waals surface area contributed by atoms with E-state index in [1.165, 1.54) is 0 Å². The van der Waals surface area contributed by atoms with E-state index in [1.807, 2.05) is 30.3 Å². The maximum atomic E-state index is 10.9. The van der Waals surface area contributed by atoms with Gasteiger partial charge in [0.05, 0.1) is 0 Å². The van der Waals surface area contributed by atoms with Crippen LogP contribution in [0.25, 0.3) is 5.69 Å². The van der Waals surface area contributed by atoms with Gasteiger partial charge in [0, 0.05) is 12.1 Å². The van der Waals surface area contributed by atoms with Crippen LogP contribution in [0.15, 0.2) is 30.3 Å². The number of para-hydroxylation sites is 1. The van der Waals surface area contributed by atoms with E-state index in [2.05, 4.69) is 17.1 Å². The first-order valence-corrected chi connectivity index (χ1v) is 5.31. The van der Waals surface area contributed by atoms with Crippen molar-refractivity contribution in [3.63, 3.8) is 0 Å². The molecule has 2 aromatic rings. The molecule has 4 nitrogen and oxygen atoms in total. The Morgan fingerprint density at radius 1 is 1.25 bits per heavy atom. The summed E-state index contributed by atoms with van der Waals surface area (Å²) >= 11 is 0. The maximum absolute atomic E-state index is 10.9. The van der Waals surface area contributed by atoms with Crippen molar-refractivity contribution in [3.05, 3.63) is 42.0 Å². The Kier molecular flexibility index (Phi) is 3.10. The van der Waals surface area contributed by atoms with Gasteiger partial charge in [-0.3, -0.25) is 9.36 Å². The second-order valence-electron chi connectivity index (χ2n) is 3.51. The molecule has 0 radical (unpaired) electrons. The molecule has 1 aromatic carbocycles. The smallest absolute Gasteiger partial charge is 0.201 e. The molecule has 16 heavy (non-hydrogen) atoms. The van der Waals surface area contributed by atoms with Crippen molar-refractivity contribution in [1.82, 2.24) is 14.8 Å². The fourth-order valence-corrected chi connectivity index (χ4v) is 1.65. The minimum atomic E-state index is 0.356. The predicted octanol–water partition coefficient (Wildman–Crippen LogP) is 2.03. The molecule has 0 aliphatic rings. The third kappa shape index (κ3) is 1.86.